The van der Waals surface area contributed by atoms with E-state index in [-0.39, 0.29) is 5.91 Å². The van der Waals surface area contributed by atoms with Gasteiger partial charge in [0.15, 0.2) is 6.10 Å². The van der Waals surface area contributed by atoms with Gasteiger partial charge in [0, 0.05) is 18.0 Å². The van der Waals surface area contributed by atoms with Gasteiger partial charge in [-0.25, -0.2) is 0 Å². The van der Waals surface area contributed by atoms with Gasteiger partial charge in [0.05, 0.1) is 19.8 Å². The zero-order valence-corrected chi connectivity index (χ0v) is 11.5. The zero-order valence-electron chi connectivity index (χ0n) is 10.7. The topological polar surface area (TPSA) is 38.8 Å². The first-order valence-electron chi connectivity index (χ1n) is 6.55. The molecule has 3 heterocycles. The van der Waals surface area contributed by atoms with Gasteiger partial charge in [-0.2, -0.15) is 0 Å². The molecular formula is C14H17NO3S. The van der Waals surface area contributed by atoms with E-state index in [0.29, 0.717) is 26.4 Å². The summed E-state index contributed by atoms with van der Waals surface area (Å²) in [6.45, 7) is 2.93. The first-order chi connectivity index (χ1) is 9.34. The van der Waals surface area contributed by atoms with Crippen molar-refractivity contribution >= 4 is 22.8 Å². The highest BCUT2D eigenvalue weighted by Crippen LogP contribution is 2.26. The van der Waals surface area contributed by atoms with Crippen molar-refractivity contribution in [3.8, 4) is 0 Å². The molecule has 19 heavy (non-hydrogen) atoms. The minimum atomic E-state index is -0.412. The van der Waals surface area contributed by atoms with Crippen LogP contribution in [0.1, 0.15) is 11.3 Å². The van der Waals surface area contributed by atoms with Crippen LogP contribution in [0.25, 0.3) is 5.57 Å². The van der Waals surface area contributed by atoms with Crippen molar-refractivity contribution < 1.29 is 14.3 Å². The van der Waals surface area contributed by atoms with Crippen LogP contribution in [0.5, 0.6) is 0 Å². The SMILES string of the molecule is O=C(C1COCCO1)N1CC=C(c2cccs2)CC1. The summed E-state index contributed by atoms with van der Waals surface area (Å²) >= 11 is 1.75. The fourth-order valence-corrected chi connectivity index (χ4v) is 3.19. The number of thiophene rings is 1. The molecule has 0 N–H and O–H groups in total. The van der Waals surface area contributed by atoms with Gasteiger partial charge >= 0.3 is 0 Å². The van der Waals surface area contributed by atoms with Gasteiger partial charge in [0.1, 0.15) is 0 Å². The van der Waals surface area contributed by atoms with Crippen molar-refractivity contribution in [2.45, 2.75) is 12.5 Å². The standard InChI is InChI=1S/C14H17NO3S/c16-14(12-10-17-7-8-18-12)15-5-3-11(4-6-15)13-2-1-9-19-13/h1-3,9,12H,4-8,10H2. The van der Waals surface area contributed by atoms with Gasteiger partial charge in [-0.05, 0) is 23.4 Å². The Labute approximate surface area is 116 Å². The quantitative estimate of drug-likeness (QED) is 0.828. The molecule has 3 rings (SSSR count). The van der Waals surface area contributed by atoms with E-state index in [9.17, 15) is 4.79 Å². The lowest BCUT2D eigenvalue weighted by molar-refractivity contribution is -0.157. The largest absolute Gasteiger partial charge is 0.376 e. The maximum absolute atomic E-state index is 12.2. The highest BCUT2D eigenvalue weighted by atomic mass is 32.1. The predicted octanol–water partition coefficient (Wildman–Crippen LogP) is 1.78. The van der Waals surface area contributed by atoms with Crippen molar-refractivity contribution in [2.75, 3.05) is 32.9 Å². The van der Waals surface area contributed by atoms with Gasteiger partial charge in [0.2, 0.25) is 0 Å². The lowest BCUT2D eigenvalue weighted by atomic mass is 10.1. The van der Waals surface area contributed by atoms with Crippen molar-refractivity contribution in [3.05, 3.63) is 28.5 Å². The van der Waals surface area contributed by atoms with Crippen molar-refractivity contribution in [1.82, 2.24) is 4.90 Å². The Bertz CT molecular complexity index is 463. The number of hydrogen-bond donors (Lipinski definition) is 0. The molecule has 0 bridgehead atoms. The molecule has 0 radical (unpaired) electrons. The Hall–Kier alpha value is -1.17. The number of hydrogen-bond acceptors (Lipinski definition) is 4. The van der Waals surface area contributed by atoms with Crippen LogP contribution in [0, 0.1) is 0 Å². The van der Waals surface area contributed by atoms with Gasteiger partial charge in [-0.3, -0.25) is 4.79 Å². The number of ether oxygens (including phenoxy) is 2. The minimum Gasteiger partial charge on any atom is -0.376 e. The molecule has 2 aliphatic heterocycles. The van der Waals surface area contributed by atoms with Crippen LogP contribution in [0.2, 0.25) is 0 Å². The molecule has 0 spiro atoms. The highest BCUT2D eigenvalue weighted by Gasteiger charge is 2.28. The van der Waals surface area contributed by atoms with Gasteiger partial charge in [-0.15, -0.1) is 11.3 Å². The van der Waals surface area contributed by atoms with Crippen LogP contribution in [0.3, 0.4) is 0 Å². The highest BCUT2D eigenvalue weighted by molar-refractivity contribution is 7.11. The number of carbonyl (C=O) groups excluding carboxylic acids is 1. The van der Waals surface area contributed by atoms with Crippen LogP contribution in [0.4, 0.5) is 0 Å². The number of carbonyl (C=O) groups is 1. The lowest BCUT2D eigenvalue weighted by Gasteiger charge is -2.31. The fraction of sp³-hybridized carbons (Fsp3) is 0.500. The predicted molar refractivity (Wildman–Crippen MR) is 74.1 cm³/mol. The molecule has 0 aromatic carbocycles. The second kappa shape index (κ2) is 5.86. The molecule has 0 saturated carbocycles. The number of amides is 1. The van der Waals surface area contributed by atoms with Crippen molar-refractivity contribution in [3.63, 3.8) is 0 Å². The van der Waals surface area contributed by atoms with Crippen LogP contribution in [0.15, 0.2) is 23.6 Å². The molecular weight excluding hydrogens is 262 g/mol. The Morgan fingerprint density at radius 2 is 2.37 bits per heavy atom. The molecule has 5 heteroatoms. The summed E-state index contributed by atoms with van der Waals surface area (Å²) in [6, 6.07) is 4.19. The summed E-state index contributed by atoms with van der Waals surface area (Å²) in [4.78, 5) is 15.4. The molecule has 1 fully saturated rings. The molecule has 2 aliphatic rings. The van der Waals surface area contributed by atoms with E-state index in [1.165, 1.54) is 10.5 Å². The molecule has 0 aliphatic carbocycles. The van der Waals surface area contributed by atoms with E-state index in [1.807, 2.05) is 4.90 Å². The summed E-state index contributed by atoms with van der Waals surface area (Å²) < 4.78 is 10.7. The van der Waals surface area contributed by atoms with Crippen LogP contribution in [-0.2, 0) is 14.3 Å². The van der Waals surface area contributed by atoms with Crippen LogP contribution < -0.4 is 0 Å². The normalized spacial score (nSPS) is 24.1. The molecule has 1 atom stereocenters. The van der Waals surface area contributed by atoms with Crippen molar-refractivity contribution in [2.24, 2.45) is 0 Å². The van der Waals surface area contributed by atoms with Crippen LogP contribution >= 0.6 is 11.3 Å². The summed E-state index contributed by atoms with van der Waals surface area (Å²) in [5, 5.41) is 2.08. The van der Waals surface area contributed by atoms with E-state index in [2.05, 4.69) is 23.6 Å². The Balaban J connectivity index is 1.61. The van der Waals surface area contributed by atoms with Crippen LogP contribution in [-0.4, -0.2) is 49.8 Å². The molecule has 4 nitrogen and oxygen atoms in total. The molecule has 1 aromatic heterocycles. The fourth-order valence-electron chi connectivity index (χ4n) is 2.39. The third kappa shape index (κ3) is 2.88. The van der Waals surface area contributed by atoms with E-state index in [4.69, 9.17) is 9.47 Å². The molecule has 102 valence electrons. The zero-order chi connectivity index (χ0) is 13.1. The van der Waals surface area contributed by atoms with E-state index < -0.39 is 6.10 Å². The molecule has 1 amide bonds. The third-order valence-corrected chi connectivity index (χ3v) is 4.40. The second-order valence-corrected chi connectivity index (χ2v) is 5.62. The van der Waals surface area contributed by atoms with Gasteiger partial charge in [-0.1, -0.05) is 12.1 Å². The Morgan fingerprint density at radius 3 is 3.00 bits per heavy atom. The lowest BCUT2D eigenvalue weighted by Crippen LogP contribution is -2.46. The monoisotopic (exact) mass is 279 g/mol. The minimum absolute atomic E-state index is 0.0566. The number of nitrogens with zero attached hydrogens (tertiary/aromatic N) is 1. The average molecular weight is 279 g/mol. The summed E-state index contributed by atoms with van der Waals surface area (Å²) in [6.07, 6.45) is 2.65. The Morgan fingerprint density at radius 1 is 1.42 bits per heavy atom. The summed E-state index contributed by atoms with van der Waals surface area (Å²) in [5.41, 5.74) is 1.35. The molecule has 1 saturated heterocycles. The molecule has 1 unspecified atom stereocenters. The van der Waals surface area contributed by atoms with Crippen molar-refractivity contribution in [1.29, 1.82) is 0 Å². The second-order valence-electron chi connectivity index (χ2n) is 4.68. The average Bonchev–Trinajstić information content (AvgIpc) is 3.02. The van der Waals surface area contributed by atoms with E-state index in [1.54, 1.807) is 11.3 Å². The first-order valence-corrected chi connectivity index (χ1v) is 7.43. The smallest absolute Gasteiger partial charge is 0.254 e. The number of rotatable bonds is 2. The maximum Gasteiger partial charge on any atom is 0.254 e. The van der Waals surface area contributed by atoms with Gasteiger partial charge in [0.25, 0.3) is 5.91 Å². The van der Waals surface area contributed by atoms with Gasteiger partial charge < -0.3 is 14.4 Å². The van der Waals surface area contributed by atoms with E-state index in [0.717, 1.165) is 13.0 Å². The maximum atomic E-state index is 12.2. The third-order valence-electron chi connectivity index (χ3n) is 3.45. The summed E-state index contributed by atoms with van der Waals surface area (Å²) in [5.74, 6) is 0.0566. The summed E-state index contributed by atoms with van der Waals surface area (Å²) in [7, 11) is 0. The van der Waals surface area contributed by atoms with E-state index >= 15 is 0 Å². The first kappa shape index (κ1) is 12.8. The Kier molecular flexibility index (Phi) is 3.96. The molecule has 1 aromatic rings.